The standard InChI is InChI=1S/C20H18N4O4/c1-13-8-9-17(24(26)27)19(10-13)28-12-18(25)14(11-21)20-22(2)15-6-4-5-7-16(15)23(20)3/h4-10H,12H2,1-3H3. The lowest BCUT2D eigenvalue weighted by molar-refractivity contribution is -0.385. The highest BCUT2D eigenvalue weighted by molar-refractivity contribution is 6.03. The van der Waals surface area contributed by atoms with Crippen LogP contribution in [-0.2, 0) is 4.79 Å². The summed E-state index contributed by atoms with van der Waals surface area (Å²) in [5, 5.41) is 20.8. The van der Waals surface area contributed by atoms with Gasteiger partial charge in [0, 0.05) is 20.2 Å². The first-order valence-electron chi connectivity index (χ1n) is 8.47. The lowest BCUT2D eigenvalue weighted by atomic mass is 10.1. The molecule has 8 heteroatoms. The van der Waals surface area contributed by atoms with E-state index >= 15 is 0 Å². The molecule has 142 valence electrons. The average molecular weight is 378 g/mol. The molecule has 0 atom stereocenters. The van der Waals surface area contributed by atoms with Gasteiger partial charge in [-0.2, -0.15) is 5.26 Å². The second-order valence-corrected chi connectivity index (χ2v) is 6.36. The smallest absolute Gasteiger partial charge is 0.310 e. The lowest BCUT2D eigenvalue weighted by Gasteiger charge is -2.20. The number of nitriles is 1. The summed E-state index contributed by atoms with van der Waals surface area (Å²) in [6.45, 7) is 1.29. The van der Waals surface area contributed by atoms with Gasteiger partial charge in [0.2, 0.25) is 5.78 Å². The van der Waals surface area contributed by atoms with E-state index in [1.165, 1.54) is 12.1 Å². The van der Waals surface area contributed by atoms with Crippen LogP contribution in [0.4, 0.5) is 17.1 Å². The van der Waals surface area contributed by atoms with Gasteiger partial charge < -0.3 is 14.5 Å². The zero-order chi connectivity index (χ0) is 20.4. The van der Waals surface area contributed by atoms with Gasteiger partial charge in [0.15, 0.2) is 12.4 Å². The van der Waals surface area contributed by atoms with Gasteiger partial charge in [-0.1, -0.05) is 18.2 Å². The highest BCUT2D eigenvalue weighted by atomic mass is 16.6. The van der Waals surface area contributed by atoms with Crippen LogP contribution in [0.1, 0.15) is 5.56 Å². The van der Waals surface area contributed by atoms with E-state index in [0.717, 1.165) is 16.9 Å². The highest BCUT2D eigenvalue weighted by Crippen LogP contribution is 2.40. The van der Waals surface area contributed by atoms with Crippen molar-refractivity contribution >= 4 is 22.8 Å². The minimum absolute atomic E-state index is 0.00272. The lowest BCUT2D eigenvalue weighted by Crippen LogP contribution is -2.28. The number of carbonyl (C=O) groups is 1. The topological polar surface area (TPSA) is 99.7 Å². The third-order valence-corrected chi connectivity index (χ3v) is 4.52. The van der Waals surface area contributed by atoms with Gasteiger partial charge in [-0.3, -0.25) is 14.9 Å². The van der Waals surface area contributed by atoms with Crippen LogP contribution in [0, 0.1) is 28.4 Å². The van der Waals surface area contributed by atoms with Crippen LogP contribution in [0.3, 0.4) is 0 Å². The molecule has 3 rings (SSSR count). The fourth-order valence-electron chi connectivity index (χ4n) is 3.16. The van der Waals surface area contributed by atoms with Gasteiger partial charge in [-0.15, -0.1) is 0 Å². The second-order valence-electron chi connectivity index (χ2n) is 6.36. The fraction of sp³-hybridized carbons (Fsp3) is 0.200. The number of ether oxygens (including phenoxy) is 1. The van der Waals surface area contributed by atoms with Gasteiger partial charge in [-0.05, 0) is 30.7 Å². The molecule has 0 spiro atoms. The van der Waals surface area contributed by atoms with Crippen LogP contribution in [0.15, 0.2) is 53.9 Å². The molecule has 1 aliphatic heterocycles. The molecule has 1 heterocycles. The van der Waals surface area contributed by atoms with E-state index < -0.39 is 17.3 Å². The number of nitro groups is 1. The van der Waals surface area contributed by atoms with E-state index in [4.69, 9.17) is 4.74 Å². The molecule has 0 saturated heterocycles. The number of anilines is 2. The number of hydrogen-bond donors (Lipinski definition) is 0. The summed E-state index contributed by atoms with van der Waals surface area (Å²) in [5.74, 6) is -0.118. The molecule has 28 heavy (non-hydrogen) atoms. The molecular formula is C20H18N4O4. The van der Waals surface area contributed by atoms with E-state index in [1.54, 1.807) is 36.9 Å². The largest absolute Gasteiger partial charge is 0.478 e. The van der Waals surface area contributed by atoms with Gasteiger partial charge in [0.05, 0.1) is 16.3 Å². The van der Waals surface area contributed by atoms with Gasteiger partial charge in [-0.25, -0.2) is 0 Å². The molecule has 0 aromatic heterocycles. The molecule has 0 amide bonds. The maximum absolute atomic E-state index is 12.7. The second kappa shape index (κ2) is 7.40. The Hall–Kier alpha value is -3.86. The number of benzene rings is 2. The molecule has 0 N–H and O–H groups in total. The minimum atomic E-state index is -0.571. The Kier molecular flexibility index (Phi) is 5.00. The summed E-state index contributed by atoms with van der Waals surface area (Å²) in [6, 6.07) is 13.9. The molecule has 2 aromatic carbocycles. The van der Waals surface area contributed by atoms with Crippen molar-refractivity contribution in [3.63, 3.8) is 0 Å². The Bertz CT molecular complexity index is 1010. The summed E-state index contributed by atoms with van der Waals surface area (Å²) in [5.41, 5.74) is 2.20. The molecule has 0 bridgehead atoms. The number of nitrogens with zero attached hydrogens (tertiary/aromatic N) is 4. The number of ketones is 1. The highest BCUT2D eigenvalue weighted by Gasteiger charge is 2.31. The zero-order valence-corrected chi connectivity index (χ0v) is 15.7. The van der Waals surface area contributed by atoms with Crippen LogP contribution in [0.2, 0.25) is 0 Å². The van der Waals surface area contributed by atoms with E-state index in [0.29, 0.717) is 5.82 Å². The van der Waals surface area contributed by atoms with Gasteiger partial charge in [0.1, 0.15) is 17.5 Å². The van der Waals surface area contributed by atoms with Crippen molar-refractivity contribution in [1.82, 2.24) is 0 Å². The number of rotatable bonds is 5. The number of para-hydroxylation sites is 2. The van der Waals surface area contributed by atoms with Crippen LogP contribution in [-0.4, -0.2) is 31.4 Å². The Morgan fingerprint density at radius 1 is 1.18 bits per heavy atom. The number of aryl methyl sites for hydroxylation is 1. The van der Waals surface area contributed by atoms with Crippen molar-refractivity contribution in [2.75, 3.05) is 30.5 Å². The summed E-state index contributed by atoms with van der Waals surface area (Å²) < 4.78 is 5.42. The maximum Gasteiger partial charge on any atom is 0.310 e. The Balaban J connectivity index is 1.89. The van der Waals surface area contributed by atoms with Crippen molar-refractivity contribution in [3.8, 4) is 11.8 Å². The third kappa shape index (κ3) is 3.25. The maximum atomic E-state index is 12.7. The van der Waals surface area contributed by atoms with Gasteiger partial charge >= 0.3 is 5.69 Å². The number of Topliss-reactive ketones (excluding diaryl/α,β-unsaturated/α-hetero) is 1. The first-order valence-corrected chi connectivity index (χ1v) is 8.47. The number of nitro benzene ring substituents is 1. The van der Waals surface area contributed by atoms with Crippen molar-refractivity contribution in [2.45, 2.75) is 6.92 Å². The average Bonchev–Trinajstić information content (AvgIpc) is 2.92. The van der Waals surface area contributed by atoms with Gasteiger partial charge in [0.25, 0.3) is 0 Å². The zero-order valence-electron chi connectivity index (χ0n) is 15.7. The normalized spacial score (nSPS) is 12.4. The first kappa shape index (κ1) is 18.9. The van der Waals surface area contributed by atoms with Crippen LogP contribution in [0.25, 0.3) is 0 Å². The summed E-state index contributed by atoms with van der Waals surface area (Å²) in [7, 11) is 3.54. The Labute approximate surface area is 162 Å². The number of carbonyl (C=O) groups excluding carboxylic acids is 1. The molecule has 0 fully saturated rings. The quantitative estimate of drug-likeness (QED) is 0.341. The molecular weight excluding hydrogens is 360 g/mol. The van der Waals surface area contributed by atoms with Crippen molar-refractivity contribution in [3.05, 3.63) is 69.5 Å². The minimum Gasteiger partial charge on any atom is -0.478 e. The van der Waals surface area contributed by atoms with Crippen LogP contribution >= 0.6 is 0 Å². The predicted octanol–water partition coefficient (Wildman–Crippen LogP) is 3.17. The van der Waals surface area contributed by atoms with E-state index in [-0.39, 0.29) is 17.0 Å². The monoisotopic (exact) mass is 378 g/mol. The molecule has 1 aliphatic rings. The molecule has 2 aromatic rings. The molecule has 0 unspecified atom stereocenters. The summed E-state index contributed by atoms with van der Waals surface area (Å²) in [6.07, 6.45) is 0. The van der Waals surface area contributed by atoms with Crippen molar-refractivity contribution in [2.24, 2.45) is 0 Å². The summed E-state index contributed by atoms with van der Waals surface area (Å²) >= 11 is 0. The molecule has 8 nitrogen and oxygen atoms in total. The molecule has 0 aliphatic carbocycles. The Morgan fingerprint density at radius 2 is 1.79 bits per heavy atom. The summed E-state index contributed by atoms with van der Waals surface area (Å²) in [4.78, 5) is 26.8. The van der Waals surface area contributed by atoms with E-state index in [1.807, 2.05) is 30.3 Å². The van der Waals surface area contributed by atoms with Crippen molar-refractivity contribution < 1.29 is 14.5 Å². The fourth-order valence-corrected chi connectivity index (χ4v) is 3.16. The first-order chi connectivity index (χ1) is 13.3. The van der Waals surface area contributed by atoms with Crippen LogP contribution < -0.4 is 14.5 Å². The SMILES string of the molecule is Cc1ccc([N+](=O)[O-])c(OCC(=O)C(C#N)=C2N(C)c3ccccc3N2C)c1. The Morgan fingerprint density at radius 3 is 2.32 bits per heavy atom. The number of hydrogen-bond acceptors (Lipinski definition) is 7. The predicted molar refractivity (Wildman–Crippen MR) is 104 cm³/mol. The van der Waals surface area contributed by atoms with E-state index in [9.17, 15) is 20.2 Å². The third-order valence-electron chi connectivity index (χ3n) is 4.52. The van der Waals surface area contributed by atoms with E-state index in [2.05, 4.69) is 0 Å². The number of fused-ring (bicyclic) bond motifs is 1. The molecule has 0 radical (unpaired) electrons. The van der Waals surface area contributed by atoms with Crippen molar-refractivity contribution in [1.29, 1.82) is 5.26 Å². The van der Waals surface area contributed by atoms with Crippen LogP contribution in [0.5, 0.6) is 5.75 Å². The molecule has 0 saturated carbocycles.